The number of nitrogens with one attached hydrogen (secondary N) is 2. The summed E-state index contributed by atoms with van der Waals surface area (Å²) in [5, 5.41) is 5.99. The molecule has 192 valence electrons. The highest BCUT2D eigenvalue weighted by Gasteiger charge is 2.28. The Bertz CT molecular complexity index is 1360. The summed E-state index contributed by atoms with van der Waals surface area (Å²) < 4.78 is 19.9. The summed E-state index contributed by atoms with van der Waals surface area (Å²) in [6, 6.07) is 13.9. The molecule has 0 saturated heterocycles. The number of fused-ring (bicyclic) bond motifs is 1. The number of carbonyl (C=O) groups excluding carboxylic acids is 3. The van der Waals surface area contributed by atoms with Crippen molar-refractivity contribution in [3.05, 3.63) is 92.7 Å². The van der Waals surface area contributed by atoms with Crippen LogP contribution >= 0.6 is 23.2 Å². The number of carbonyl (C=O) groups is 3. The van der Waals surface area contributed by atoms with Crippen LogP contribution in [-0.2, 0) is 17.9 Å². The standard InChI is InChI=1S/C27H24Cl2FN3O4/c1-15(2)25(34)31-12-16-6-8-22(29)18(10-16)26(35)32-17-7-9-24-19(11-17)27(36)33(14-37-24)13-20-21(28)4-3-5-23(20)30/h3-11,15H,12-14H2,1-2H3,(H,31,34)(H,32,35). The number of ether oxygens (including phenoxy) is 1. The van der Waals surface area contributed by atoms with Crippen LogP contribution in [0.15, 0.2) is 54.6 Å². The van der Waals surface area contributed by atoms with Gasteiger partial charge in [-0.15, -0.1) is 0 Å². The molecule has 37 heavy (non-hydrogen) atoms. The number of nitrogens with zero attached hydrogens (tertiary/aromatic N) is 1. The van der Waals surface area contributed by atoms with Crippen LogP contribution in [0.5, 0.6) is 5.75 Å². The van der Waals surface area contributed by atoms with Gasteiger partial charge >= 0.3 is 0 Å². The Labute approximate surface area is 223 Å². The number of rotatable bonds is 7. The van der Waals surface area contributed by atoms with Crippen LogP contribution < -0.4 is 15.4 Å². The van der Waals surface area contributed by atoms with E-state index in [0.29, 0.717) is 17.0 Å². The first-order valence-corrected chi connectivity index (χ1v) is 12.3. The Morgan fingerprint density at radius 1 is 1.08 bits per heavy atom. The molecule has 2 N–H and O–H groups in total. The summed E-state index contributed by atoms with van der Waals surface area (Å²) in [7, 11) is 0. The van der Waals surface area contributed by atoms with Gasteiger partial charge < -0.3 is 20.3 Å². The molecule has 3 amide bonds. The Balaban J connectivity index is 1.50. The van der Waals surface area contributed by atoms with Crippen molar-refractivity contribution in [2.75, 3.05) is 12.0 Å². The summed E-state index contributed by atoms with van der Waals surface area (Å²) in [5.74, 6) is -1.31. The molecule has 0 fully saturated rings. The van der Waals surface area contributed by atoms with Crippen LogP contribution in [-0.4, -0.2) is 29.4 Å². The Hall–Kier alpha value is -3.62. The van der Waals surface area contributed by atoms with Gasteiger partial charge in [-0.1, -0.05) is 49.2 Å². The van der Waals surface area contributed by atoms with Crippen LogP contribution in [0.25, 0.3) is 0 Å². The van der Waals surface area contributed by atoms with Crippen molar-refractivity contribution < 1.29 is 23.5 Å². The lowest BCUT2D eigenvalue weighted by Gasteiger charge is -2.29. The summed E-state index contributed by atoms with van der Waals surface area (Å²) in [4.78, 5) is 39.3. The molecule has 0 saturated carbocycles. The largest absolute Gasteiger partial charge is 0.472 e. The SMILES string of the molecule is CC(C)C(=O)NCc1ccc(Cl)c(C(=O)Nc2ccc3c(c2)C(=O)N(Cc2c(F)cccc2Cl)CO3)c1. The number of amides is 3. The predicted molar refractivity (Wildman–Crippen MR) is 139 cm³/mol. The second kappa shape index (κ2) is 11.2. The molecule has 0 radical (unpaired) electrons. The van der Waals surface area contributed by atoms with Gasteiger partial charge in [-0.2, -0.15) is 0 Å². The highest BCUT2D eigenvalue weighted by atomic mass is 35.5. The second-order valence-corrected chi connectivity index (χ2v) is 9.64. The van der Waals surface area contributed by atoms with Gasteiger partial charge in [-0.3, -0.25) is 14.4 Å². The van der Waals surface area contributed by atoms with E-state index in [1.807, 2.05) is 0 Å². The van der Waals surface area contributed by atoms with Crippen LogP contribution in [0.2, 0.25) is 10.0 Å². The maximum Gasteiger partial charge on any atom is 0.260 e. The summed E-state index contributed by atoms with van der Waals surface area (Å²) in [6.45, 7) is 3.69. The summed E-state index contributed by atoms with van der Waals surface area (Å²) in [5.41, 5.74) is 1.68. The predicted octanol–water partition coefficient (Wildman–Crippen LogP) is 5.65. The quantitative estimate of drug-likeness (QED) is 0.403. The lowest BCUT2D eigenvalue weighted by atomic mass is 10.1. The molecule has 1 aliphatic heterocycles. The van der Waals surface area contributed by atoms with Crippen molar-refractivity contribution in [1.82, 2.24) is 10.2 Å². The average molecular weight is 544 g/mol. The minimum absolute atomic E-state index is 0.0715. The van der Waals surface area contributed by atoms with E-state index in [0.717, 1.165) is 0 Å². The normalized spacial score (nSPS) is 12.7. The molecule has 0 spiro atoms. The summed E-state index contributed by atoms with van der Waals surface area (Å²) in [6.07, 6.45) is 0. The van der Waals surface area contributed by atoms with Crippen molar-refractivity contribution in [2.45, 2.75) is 26.9 Å². The van der Waals surface area contributed by atoms with E-state index in [4.69, 9.17) is 27.9 Å². The van der Waals surface area contributed by atoms with Gasteiger partial charge in [0.25, 0.3) is 11.8 Å². The fourth-order valence-electron chi connectivity index (χ4n) is 3.72. The molecule has 10 heteroatoms. The smallest absolute Gasteiger partial charge is 0.260 e. The van der Waals surface area contributed by atoms with Gasteiger partial charge in [0, 0.05) is 28.7 Å². The van der Waals surface area contributed by atoms with Crippen LogP contribution in [0.4, 0.5) is 10.1 Å². The number of hydrogen-bond acceptors (Lipinski definition) is 4. The van der Waals surface area contributed by atoms with Crippen molar-refractivity contribution in [3.8, 4) is 5.75 Å². The minimum atomic E-state index is -0.519. The maximum atomic E-state index is 14.2. The first kappa shape index (κ1) is 26.4. The van der Waals surface area contributed by atoms with Crippen LogP contribution in [0, 0.1) is 11.7 Å². The van der Waals surface area contributed by atoms with E-state index in [-0.39, 0.29) is 58.4 Å². The molecule has 1 heterocycles. The first-order chi connectivity index (χ1) is 17.6. The topological polar surface area (TPSA) is 87.7 Å². The summed E-state index contributed by atoms with van der Waals surface area (Å²) >= 11 is 12.4. The third kappa shape index (κ3) is 6.03. The molecule has 3 aromatic carbocycles. The third-order valence-corrected chi connectivity index (χ3v) is 6.49. The number of benzene rings is 3. The van der Waals surface area contributed by atoms with E-state index in [9.17, 15) is 18.8 Å². The van der Waals surface area contributed by atoms with Gasteiger partial charge in [-0.05, 0) is 48.0 Å². The second-order valence-electron chi connectivity index (χ2n) is 8.83. The van der Waals surface area contributed by atoms with E-state index >= 15 is 0 Å². The lowest BCUT2D eigenvalue weighted by molar-refractivity contribution is -0.124. The van der Waals surface area contributed by atoms with Crippen molar-refractivity contribution in [3.63, 3.8) is 0 Å². The molecule has 7 nitrogen and oxygen atoms in total. The highest BCUT2D eigenvalue weighted by Crippen LogP contribution is 2.30. The fraction of sp³-hybridized carbons (Fsp3) is 0.222. The molecular formula is C27H24Cl2FN3O4. The molecule has 3 aromatic rings. The molecule has 0 aromatic heterocycles. The van der Waals surface area contributed by atoms with Gasteiger partial charge in [0.2, 0.25) is 5.91 Å². The van der Waals surface area contributed by atoms with Gasteiger partial charge in [0.1, 0.15) is 11.6 Å². The van der Waals surface area contributed by atoms with E-state index in [1.165, 1.54) is 23.1 Å². The Morgan fingerprint density at radius 2 is 1.86 bits per heavy atom. The lowest BCUT2D eigenvalue weighted by Crippen LogP contribution is -2.38. The maximum absolute atomic E-state index is 14.2. The van der Waals surface area contributed by atoms with E-state index < -0.39 is 17.6 Å². The van der Waals surface area contributed by atoms with Crippen LogP contribution in [0.3, 0.4) is 0 Å². The van der Waals surface area contributed by atoms with Crippen LogP contribution in [0.1, 0.15) is 45.7 Å². The molecule has 4 rings (SSSR count). The van der Waals surface area contributed by atoms with Gasteiger partial charge in [0.15, 0.2) is 6.73 Å². The van der Waals surface area contributed by atoms with E-state index in [1.54, 1.807) is 50.2 Å². The third-order valence-electron chi connectivity index (χ3n) is 5.81. The Kier molecular flexibility index (Phi) is 8.00. The number of hydrogen-bond donors (Lipinski definition) is 2. The molecule has 0 unspecified atom stereocenters. The number of halogens is 3. The zero-order chi connectivity index (χ0) is 26.7. The molecular weight excluding hydrogens is 520 g/mol. The average Bonchev–Trinajstić information content (AvgIpc) is 2.87. The monoisotopic (exact) mass is 543 g/mol. The van der Waals surface area contributed by atoms with Gasteiger partial charge in [0.05, 0.1) is 22.7 Å². The van der Waals surface area contributed by atoms with Crippen molar-refractivity contribution >= 4 is 46.6 Å². The minimum Gasteiger partial charge on any atom is -0.472 e. The molecule has 0 atom stereocenters. The highest BCUT2D eigenvalue weighted by molar-refractivity contribution is 6.34. The van der Waals surface area contributed by atoms with Crippen molar-refractivity contribution in [1.29, 1.82) is 0 Å². The molecule has 0 aliphatic carbocycles. The molecule has 0 bridgehead atoms. The molecule has 1 aliphatic rings. The fourth-order valence-corrected chi connectivity index (χ4v) is 4.14. The Morgan fingerprint density at radius 3 is 2.59 bits per heavy atom. The zero-order valence-electron chi connectivity index (χ0n) is 20.1. The van der Waals surface area contributed by atoms with Crippen molar-refractivity contribution in [2.24, 2.45) is 5.92 Å². The zero-order valence-corrected chi connectivity index (χ0v) is 21.6. The number of anilines is 1. The first-order valence-electron chi connectivity index (χ1n) is 11.5. The van der Waals surface area contributed by atoms with E-state index in [2.05, 4.69) is 10.6 Å². The van der Waals surface area contributed by atoms with Gasteiger partial charge in [-0.25, -0.2) is 4.39 Å².